The summed E-state index contributed by atoms with van der Waals surface area (Å²) in [5.41, 5.74) is 3.37. The van der Waals surface area contributed by atoms with Gasteiger partial charge in [-0.15, -0.1) is 0 Å². The lowest BCUT2D eigenvalue weighted by molar-refractivity contribution is 0.0734. The molecule has 0 fully saturated rings. The molecular formula is C26H21NO6. The predicted molar refractivity (Wildman–Crippen MR) is 122 cm³/mol. The van der Waals surface area contributed by atoms with E-state index in [2.05, 4.69) is 0 Å². The van der Waals surface area contributed by atoms with Gasteiger partial charge < -0.3 is 23.8 Å². The number of nitrogens with zero attached hydrogens (tertiary/aromatic N) is 1. The van der Waals surface area contributed by atoms with Crippen LogP contribution in [-0.4, -0.2) is 32.6 Å². The molecule has 166 valence electrons. The molecule has 0 bridgehead atoms. The van der Waals surface area contributed by atoms with E-state index in [-0.39, 0.29) is 18.3 Å². The number of fused-ring (bicyclic) bond motifs is 2. The van der Waals surface area contributed by atoms with Crippen LogP contribution in [0.25, 0.3) is 6.08 Å². The van der Waals surface area contributed by atoms with Crippen LogP contribution in [0.4, 0.5) is 5.69 Å². The first-order chi connectivity index (χ1) is 15.9. The molecular weight excluding hydrogens is 422 g/mol. The Bertz CT molecular complexity index is 1310. The summed E-state index contributed by atoms with van der Waals surface area (Å²) in [7, 11) is 3.93. The number of anilines is 1. The molecule has 0 amide bonds. The predicted octanol–water partition coefficient (Wildman–Crippen LogP) is 4.63. The number of ether oxygens (including phenoxy) is 4. The first kappa shape index (κ1) is 20.6. The second kappa shape index (κ2) is 8.02. The molecule has 0 unspecified atom stereocenters. The molecule has 7 heteroatoms. The van der Waals surface area contributed by atoms with Crippen LogP contribution >= 0.6 is 0 Å². The summed E-state index contributed by atoms with van der Waals surface area (Å²) in [6, 6.07) is 15.8. The van der Waals surface area contributed by atoms with Crippen molar-refractivity contribution in [3.8, 4) is 23.0 Å². The SMILES string of the molecule is Cc1cc(OC(=O)c2ccc3c(c2)OCO3)cc2c1C(=O)/C(=C/c1ccc(N(C)C)cc1)O2. The van der Waals surface area contributed by atoms with E-state index >= 15 is 0 Å². The molecule has 2 heterocycles. The Morgan fingerprint density at radius 1 is 0.970 bits per heavy atom. The third-order valence-electron chi connectivity index (χ3n) is 5.47. The molecule has 0 spiro atoms. The van der Waals surface area contributed by atoms with Crippen LogP contribution in [0.2, 0.25) is 0 Å². The number of allylic oxidation sites excluding steroid dienone is 1. The molecule has 0 aromatic heterocycles. The van der Waals surface area contributed by atoms with E-state index in [1.165, 1.54) is 0 Å². The Morgan fingerprint density at radius 3 is 2.48 bits per heavy atom. The fourth-order valence-electron chi connectivity index (χ4n) is 3.75. The zero-order valence-electron chi connectivity index (χ0n) is 18.4. The third-order valence-corrected chi connectivity index (χ3v) is 5.47. The smallest absolute Gasteiger partial charge is 0.343 e. The fourth-order valence-corrected chi connectivity index (χ4v) is 3.75. The summed E-state index contributed by atoms with van der Waals surface area (Å²) in [6.45, 7) is 1.91. The number of aryl methyl sites for hydroxylation is 1. The number of hydrogen-bond donors (Lipinski definition) is 0. The largest absolute Gasteiger partial charge is 0.454 e. The number of carbonyl (C=O) groups is 2. The van der Waals surface area contributed by atoms with Gasteiger partial charge in [0, 0.05) is 25.8 Å². The highest BCUT2D eigenvalue weighted by Gasteiger charge is 2.30. The molecule has 33 heavy (non-hydrogen) atoms. The Kier molecular flexibility index (Phi) is 5.01. The monoisotopic (exact) mass is 443 g/mol. The Hall–Kier alpha value is -4.26. The first-order valence-corrected chi connectivity index (χ1v) is 10.4. The molecule has 0 N–H and O–H groups in total. The minimum atomic E-state index is -0.547. The zero-order valence-corrected chi connectivity index (χ0v) is 18.4. The van der Waals surface area contributed by atoms with Gasteiger partial charge in [-0.2, -0.15) is 0 Å². The molecule has 0 atom stereocenters. The van der Waals surface area contributed by atoms with E-state index in [0.717, 1.165) is 11.3 Å². The van der Waals surface area contributed by atoms with Gasteiger partial charge in [0.15, 0.2) is 17.3 Å². The van der Waals surface area contributed by atoms with Crippen LogP contribution in [0, 0.1) is 6.92 Å². The molecule has 2 aliphatic heterocycles. The highest BCUT2D eigenvalue weighted by atomic mass is 16.7. The number of ketones is 1. The van der Waals surface area contributed by atoms with Crippen molar-refractivity contribution in [2.45, 2.75) is 6.92 Å². The van der Waals surface area contributed by atoms with Gasteiger partial charge in [0.2, 0.25) is 12.6 Å². The quantitative estimate of drug-likeness (QED) is 0.331. The van der Waals surface area contributed by atoms with Crippen molar-refractivity contribution >= 4 is 23.5 Å². The van der Waals surface area contributed by atoms with Crippen LogP contribution in [0.3, 0.4) is 0 Å². The standard InChI is InChI=1S/C26H21NO6/c1-15-10-19(32-26(29)17-6-9-20-21(12-17)31-14-30-20)13-22-24(15)25(28)23(33-22)11-16-4-7-18(8-5-16)27(2)3/h4-13H,14H2,1-3H3/b23-11-. The summed E-state index contributed by atoms with van der Waals surface area (Å²) in [5.74, 6) is 1.22. The van der Waals surface area contributed by atoms with Gasteiger partial charge in [-0.05, 0) is 60.5 Å². The number of Topliss-reactive ketones (excluding diaryl/α,β-unsaturated/α-hetero) is 1. The minimum absolute atomic E-state index is 0.124. The lowest BCUT2D eigenvalue weighted by Crippen LogP contribution is -2.08. The molecule has 0 saturated carbocycles. The van der Waals surface area contributed by atoms with Crippen molar-refractivity contribution in [2.75, 3.05) is 25.8 Å². The van der Waals surface area contributed by atoms with Gasteiger partial charge in [-0.3, -0.25) is 4.79 Å². The summed E-state index contributed by atoms with van der Waals surface area (Å²) >= 11 is 0. The van der Waals surface area contributed by atoms with Crippen molar-refractivity contribution in [2.24, 2.45) is 0 Å². The maximum atomic E-state index is 12.9. The van der Waals surface area contributed by atoms with Crippen molar-refractivity contribution in [3.05, 3.63) is 82.6 Å². The van der Waals surface area contributed by atoms with Gasteiger partial charge in [-0.1, -0.05) is 12.1 Å². The summed E-state index contributed by atoms with van der Waals surface area (Å²) in [4.78, 5) is 27.6. The lowest BCUT2D eigenvalue weighted by atomic mass is 10.0. The van der Waals surface area contributed by atoms with E-state index < -0.39 is 5.97 Å². The maximum absolute atomic E-state index is 12.9. The normalized spacial score (nSPS) is 14.8. The van der Waals surface area contributed by atoms with Crippen molar-refractivity contribution in [1.29, 1.82) is 0 Å². The van der Waals surface area contributed by atoms with Crippen molar-refractivity contribution in [3.63, 3.8) is 0 Å². The molecule has 0 saturated heterocycles. The van der Waals surface area contributed by atoms with E-state index in [9.17, 15) is 9.59 Å². The second-order valence-corrected chi connectivity index (χ2v) is 8.00. The molecule has 7 nitrogen and oxygen atoms in total. The van der Waals surface area contributed by atoms with Crippen molar-refractivity contribution < 1.29 is 28.5 Å². The maximum Gasteiger partial charge on any atom is 0.343 e. The minimum Gasteiger partial charge on any atom is -0.454 e. The van der Waals surface area contributed by atoms with Crippen LogP contribution in [0.15, 0.2) is 60.4 Å². The average Bonchev–Trinajstić information content (AvgIpc) is 3.38. The number of hydrogen-bond acceptors (Lipinski definition) is 7. The highest BCUT2D eigenvalue weighted by molar-refractivity contribution is 6.15. The average molecular weight is 443 g/mol. The zero-order chi connectivity index (χ0) is 23.1. The molecule has 0 aliphatic carbocycles. The topological polar surface area (TPSA) is 74.3 Å². The molecule has 2 aliphatic rings. The highest BCUT2D eigenvalue weighted by Crippen LogP contribution is 2.38. The van der Waals surface area contributed by atoms with Gasteiger partial charge in [0.25, 0.3) is 0 Å². The van der Waals surface area contributed by atoms with Crippen LogP contribution in [-0.2, 0) is 0 Å². The van der Waals surface area contributed by atoms with E-state index in [4.69, 9.17) is 18.9 Å². The molecule has 5 rings (SSSR count). The van der Waals surface area contributed by atoms with E-state index in [1.807, 2.05) is 43.3 Å². The van der Waals surface area contributed by atoms with Crippen molar-refractivity contribution in [1.82, 2.24) is 0 Å². The number of benzene rings is 3. The van der Waals surface area contributed by atoms with E-state index in [1.54, 1.807) is 43.3 Å². The third kappa shape index (κ3) is 3.89. The Morgan fingerprint density at radius 2 is 1.73 bits per heavy atom. The van der Waals surface area contributed by atoms with E-state index in [0.29, 0.717) is 39.7 Å². The van der Waals surface area contributed by atoms with Crippen LogP contribution in [0.5, 0.6) is 23.0 Å². The summed E-state index contributed by atoms with van der Waals surface area (Å²) < 4.78 is 22.0. The van der Waals surface area contributed by atoms with Gasteiger partial charge in [0.05, 0.1) is 11.1 Å². The molecule has 3 aromatic rings. The Labute approximate surface area is 190 Å². The van der Waals surface area contributed by atoms with Crippen LogP contribution < -0.4 is 23.8 Å². The van der Waals surface area contributed by atoms with Crippen LogP contribution in [0.1, 0.15) is 31.8 Å². The summed E-state index contributed by atoms with van der Waals surface area (Å²) in [6.07, 6.45) is 1.71. The number of carbonyl (C=O) groups excluding carboxylic acids is 2. The summed E-state index contributed by atoms with van der Waals surface area (Å²) in [5, 5.41) is 0. The fraction of sp³-hybridized carbons (Fsp3) is 0.154. The first-order valence-electron chi connectivity index (χ1n) is 10.4. The number of esters is 1. The van der Waals surface area contributed by atoms with Gasteiger partial charge in [-0.25, -0.2) is 4.79 Å². The van der Waals surface area contributed by atoms with Gasteiger partial charge in [0.1, 0.15) is 11.5 Å². The Balaban J connectivity index is 1.37. The lowest BCUT2D eigenvalue weighted by Gasteiger charge is -2.11. The number of rotatable bonds is 4. The van der Waals surface area contributed by atoms with Gasteiger partial charge >= 0.3 is 5.97 Å². The molecule has 0 radical (unpaired) electrons. The molecule has 3 aromatic carbocycles. The second-order valence-electron chi connectivity index (χ2n) is 8.00.